The number of hydrogen-bond acceptors (Lipinski definition) is 3. The van der Waals surface area contributed by atoms with Crippen LogP contribution in [-0.2, 0) is 11.3 Å². The maximum Gasteiger partial charge on any atom is 0.248 e. The van der Waals surface area contributed by atoms with E-state index < -0.39 is 0 Å². The molecule has 0 bridgehead atoms. The standard InChI is InChI=1S/C24H19ClN4O/c25-21-10-4-5-11-22(21)27-23(30)13-12-20-17-29(16-18-7-2-1-3-8-18)28-24(20)19-9-6-14-26-15-19/h1-15,17H,16H2,(H,27,30)/b13-12+. The van der Waals surface area contributed by atoms with Crippen molar-refractivity contribution in [1.82, 2.24) is 14.8 Å². The fourth-order valence-electron chi connectivity index (χ4n) is 3.04. The highest BCUT2D eigenvalue weighted by Crippen LogP contribution is 2.24. The van der Waals surface area contributed by atoms with Crippen molar-refractivity contribution in [1.29, 1.82) is 0 Å². The van der Waals surface area contributed by atoms with E-state index in [1.165, 1.54) is 6.08 Å². The molecule has 148 valence electrons. The molecule has 5 nitrogen and oxygen atoms in total. The molecule has 0 saturated carbocycles. The van der Waals surface area contributed by atoms with E-state index in [0.717, 1.165) is 22.4 Å². The molecule has 0 aliphatic carbocycles. The Labute approximate surface area is 179 Å². The van der Waals surface area contributed by atoms with E-state index in [-0.39, 0.29) is 5.91 Å². The van der Waals surface area contributed by atoms with Gasteiger partial charge in [-0.2, -0.15) is 5.10 Å². The van der Waals surface area contributed by atoms with Gasteiger partial charge in [0.1, 0.15) is 5.69 Å². The number of carbonyl (C=O) groups excluding carboxylic acids is 1. The Morgan fingerprint density at radius 3 is 2.60 bits per heavy atom. The van der Waals surface area contributed by atoms with E-state index in [2.05, 4.69) is 22.4 Å². The van der Waals surface area contributed by atoms with Crippen molar-refractivity contribution >= 4 is 29.3 Å². The molecule has 2 aromatic carbocycles. The van der Waals surface area contributed by atoms with E-state index in [4.69, 9.17) is 16.7 Å². The van der Waals surface area contributed by atoms with Crippen LogP contribution >= 0.6 is 11.6 Å². The van der Waals surface area contributed by atoms with Gasteiger partial charge in [-0.1, -0.05) is 54.1 Å². The maximum absolute atomic E-state index is 12.4. The maximum atomic E-state index is 12.4. The second kappa shape index (κ2) is 9.20. The van der Waals surface area contributed by atoms with Crippen molar-refractivity contribution in [3.63, 3.8) is 0 Å². The number of carbonyl (C=O) groups is 1. The Bertz CT molecular complexity index is 1170. The molecule has 0 unspecified atom stereocenters. The highest BCUT2D eigenvalue weighted by Gasteiger charge is 2.11. The fraction of sp³-hybridized carbons (Fsp3) is 0.0417. The quantitative estimate of drug-likeness (QED) is 0.435. The number of anilines is 1. The minimum atomic E-state index is -0.268. The zero-order valence-electron chi connectivity index (χ0n) is 16.1. The number of halogens is 1. The van der Waals surface area contributed by atoms with Crippen molar-refractivity contribution in [3.05, 3.63) is 108 Å². The molecule has 2 aromatic heterocycles. The highest BCUT2D eigenvalue weighted by molar-refractivity contribution is 6.33. The van der Waals surface area contributed by atoms with Gasteiger partial charge in [0.15, 0.2) is 0 Å². The summed E-state index contributed by atoms with van der Waals surface area (Å²) in [5.74, 6) is -0.268. The van der Waals surface area contributed by atoms with Crippen molar-refractivity contribution in [2.45, 2.75) is 6.54 Å². The third-order valence-electron chi connectivity index (χ3n) is 4.46. The molecule has 0 aliphatic heterocycles. The molecule has 2 heterocycles. The number of nitrogens with zero attached hydrogens (tertiary/aromatic N) is 3. The van der Waals surface area contributed by atoms with Crippen LogP contribution in [0.1, 0.15) is 11.1 Å². The van der Waals surface area contributed by atoms with Crippen molar-refractivity contribution in [2.24, 2.45) is 0 Å². The summed E-state index contributed by atoms with van der Waals surface area (Å²) in [6.07, 6.45) is 8.64. The lowest BCUT2D eigenvalue weighted by Crippen LogP contribution is -2.07. The summed E-state index contributed by atoms with van der Waals surface area (Å²) in [6, 6.07) is 21.0. The summed E-state index contributed by atoms with van der Waals surface area (Å²) >= 11 is 6.11. The fourth-order valence-corrected chi connectivity index (χ4v) is 3.22. The molecule has 0 radical (unpaired) electrons. The molecule has 30 heavy (non-hydrogen) atoms. The molecule has 0 spiro atoms. The van der Waals surface area contributed by atoms with E-state index >= 15 is 0 Å². The van der Waals surface area contributed by atoms with Gasteiger partial charge in [-0.05, 0) is 35.9 Å². The van der Waals surface area contributed by atoms with Gasteiger partial charge in [0.05, 0.1) is 17.3 Å². The smallest absolute Gasteiger partial charge is 0.248 e. The van der Waals surface area contributed by atoms with Gasteiger partial charge in [0.25, 0.3) is 0 Å². The lowest BCUT2D eigenvalue weighted by atomic mass is 10.1. The first-order valence-corrected chi connectivity index (χ1v) is 9.82. The van der Waals surface area contributed by atoms with Gasteiger partial charge in [-0.25, -0.2) is 0 Å². The Kier molecular flexibility index (Phi) is 6.01. The highest BCUT2D eigenvalue weighted by atomic mass is 35.5. The zero-order chi connectivity index (χ0) is 20.8. The third-order valence-corrected chi connectivity index (χ3v) is 4.79. The number of amides is 1. The lowest BCUT2D eigenvalue weighted by molar-refractivity contribution is -0.111. The third kappa shape index (κ3) is 4.82. The SMILES string of the molecule is O=C(/C=C/c1cn(Cc2ccccc2)nc1-c1cccnc1)Nc1ccccc1Cl. The summed E-state index contributed by atoms with van der Waals surface area (Å²) in [4.78, 5) is 16.6. The number of hydrogen-bond donors (Lipinski definition) is 1. The Balaban J connectivity index is 1.60. The van der Waals surface area contributed by atoms with Crippen molar-refractivity contribution in [3.8, 4) is 11.3 Å². The van der Waals surface area contributed by atoms with Crippen LogP contribution in [0.2, 0.25) is 5.02 Å². The molecule has 4 rings (SSSR count). The first-order valence-electron chi connectivity index (χ1n) is 9.44. The molecular formula is C24H19ClN4O. The first kappa shape index (κ1) is 19.6. The molecule has 0 saturated heterocycles. The normalized spacial score (nSPS) is 11.0. The average Bonchev–Trinajstić information content (AvgIpc) is 3.18. The summed E-state index contributed by atoms with van der Waals surface area (Å²) in [5, 5.41) is 8.01. The van der Waals surface area contributed by atoms with E-state index in [0.29, 0.717) is 17.3 Å². The van der Waals surface area contributed by atoms with Gasteiger partial charge < -0.3 is 5.32 Å². The molecule has 1 amide bonds. The lowest BCUT2D eigenvalue weighted by Gasteiger charge is -2.03. The van der Waals surface area contributed by atoms with Crippen LogP contribution in [-0.4, -0.2) is 20.7 Å². The average molecular weight is 415 g/mol. The summed E-state index contributed by atoms with van der Waals surface area (Å²) in [6.45, 7) is 0.633. The van der Waals surface area contributed by atoms with E-state index in [1.54, 1.807) is 30.6 Å². The van der Waals surface area contributed by atoms with Gasteiger partial charge in [0, 0.05) is 35.8 Å². The topological polar surface area (TPSA) is 59.8 Å². The number of nitrogens with one attached hydrogen (secondary N) is 1. The van der Waals surface area contributed by atoms with Crippen LogP contribution in [0, 0.1) is 0 Å². The largest absolute Gasteiger partial charge is 0.321 e. The molecule has 0 aliphatic rings. The monoisotopic (exact) mass is 414 g/mol. The second-order valence-corrected chi connectivity index (χ2v) is 7.07. The number of benzene rings is 2. The number of rotatable bonds is 6. The number of pyridine rings is 1. The van der Waals surface area contributed by atoms with Crippen LogP contribution in [0.3, 0.4) is 0 Å². The van der Waals surface area contributed by atoms with Gasteiger partial charge in [-0.3, -0.25) is 14.5 Å². The Hall–Kier alpha value is -3.70. The second-order valence-electron chi connectivity index (χ2n) is 6.66. The molecule has 1 N–H and O–H groups in total. The van der Waals surface area contributed by atoms with Crippen LogP contribution in [0.25, 0.3) is 17.3 Å². The molecule has 4 aromatic rings. The predicted octanol–water partition coefficient (Wildman–Crippen LogP) is 5.30. The van der Waals surface area contributed by atoms with Crippen molar-refractivity contribution in [2.75, 3.05) is 5.32 Å². The van der Waals surface area contributed by atoms with Crippen molar-refractivity contribution < 1.29 is 4.79 Å². The molecular weight excluding hydrogens is 396 g/mol. The Morgan fingerprint density at radius 1 is 1.03 bits per heavy atom. The summed E-state index contributed by atoms with van der Waals surface area (Å²) < 4.78 is 1.86. The number of para-hydroxylation sites is 1. The summed E-state index contributed by atoms with van der Waals surface area (Å²) in [7, 11) is 0. The van der Waals surface area contributed by atoms with E-state index in [9.17, 15) is 4.79 Å². The zero-order valence-corrected chi connectivity index (χ0v) is 16.8. The molecule has 6 heteroatoms. The van der Waals surface area contributed by atoms with E-state index in [1.807, 2.05) is 53.3 Å². The van der Waals surface area contributed by atoms with Gasteiger partial charge in [-0.15, -0.1) is 0 Å². The van der Waals surface area contributed by atoms with Gasteiger partial charge in [0.2, 0.25) is 5.91 Å². The predicted molar refractivity (Wildman–Crippen MR) is 120 cm³/mol. The van der Waals surface area contributed by atoms with Crippen LogP contribution in [0.5, 0.6) is 0 Å². The first-order chi connectivity index (χ1) is 14.7. The van der Waals surface area contributed by atoms with Crippen LogP contribution < -0.4 is 5.32 Å². The Morgan fingerprint density at radius 2 is 1.83 bits per heavy atom. The van der Waals surface area contributed by atoms with Gasteiger partial charge >= 0.3 is 0 Å². The number of aromatic nitrogens is 3. The molecule has 0 atom stereocenters. The van der Waals surface area contributed by atoms with Crippen LogP contribution in [0.15, 0.2) is 91.4 Å². The molecule has 0 fully saturated rings. The minimum Gasteiger partial charge on any atom is -0.321 e. The summed E-state index contributed by atoms with van der Waals surface area (Å²) in [5.41, 5.74) is 4.19. The minimum absolute atomic E-state index is 0.268. The van der Waals surface area contributed by atoms with Crippen LogP contribution in [0.4, 0.5) is 5.69 Å².